The van der Waals surface area contributed by atoms with Gasteiger partial charge < -0.3 is 9.84 Å². The van der Waals surface area contributed by atoms with Crippen molar-refractivity contribution in [1.29, 1.82) is 0 Å². The first-order valence-corrected chi connectivity index (χ1v) is 6.32. The van der Waals surface area contributed by atoms with Crippen LogP contribution < -0.4 is 4.72 Å². The van der Waals surface area contributed by atoms with Crippen LogP contribution in [-0.4, -0.2) is 45.0 Å². The molecule has 0 spiro atoms. The molecule has 0 bridgehead atoms. The maximum atomic E-state index is 11.2. The second-order valence-corrected chi connectivity index (χ2v) is 5.40. The Balaban J connectivity index is 2.31. The van der Waals surface area contributed by atoms with E-state index in [1.54, 1.807) is 0 Å². The van der Waals surface area contributed by atoms with Crippen LogP contribution in [-0.2, 0) is 19.6 Å². The fourth-order valence-corrected chi connectivity index (χ4v) is 2.08. The van der Waals surface area contributed by atoms with Crippen molar-refractivity contribution in [3.63, 3.8) is 0 Å². The van der Waals surface area contributed by atoms with E-state index < -0.39 is 27.8 Å². The number of carbonyl (C=O) groups is 1. The molecule has 0 radical (unpaired) electrons. The number of methoxy groups -OCH3 is 1. The molecule has 0 amide bonds. The SMILES string of the molecule is COC(=O)CS(=O)(=O)NCC(O)C1CC1. The fourth-order valence-electron chi connectivity index (χ4n) is 1.13. The van der Waals surface area contributed by atoms with Crippen LogP contribution in [0.3, 0.4) is 0 Å². The van der Waals surface area contributed by atoms with E-state index in [9.17, 15) is 18.3 Å². The first-order valence-electron chi connectivity index (χ1n) is 4.67. The Hall–Kier alpha value is -0.660. The fraction of sp³-hybridized carbons (Fsp3) is 0.875. The lowest BCUT2D eigenvalue weighted by molar-refractivity contribution is -0.137. The lowest BCUT2D eigenvalue weighted by Crippen LogP contribution is -2.36. The Morgan fingerprint density at radius 3 is 2.67 bits per heavy atom. The number of hydrogen-bond acceptors (Lipinski definition) is 5. The summed E-state index contributed by atoms with van der Waals surface area (Å²) in [5.41, 5.74) is 0. The van der Waals surface area contributed by atoms with Gasteiger partial charge in [0, 0.05) is 6.54 Å². The zero-order chi connectivity index (χ0) is 11.5. The van der Waals surface area contributed by atoms with E-state index in [1.165, 1.54) is 0 Å². The number of esters is 1. The number of aliphatic hydroxyl groups excluding tert-OH is 1. The van der Waals surface area contributed by atoms with E-state index in [4.69, 9.17) is 0 Å². The minimum absolute atomic E-state index is 0.0377. The zero-order valence-corrected chi connectivity index (χ0v) is 9.29. The molecule has 7 heteroatoms. The highest BCUT2D eigenvalue weighted by atomic mass is 32.2. The van der Waals surface area contributed by atoms with E-state index in [-0.39, 0.29) is 12.5 Å². The Kier molecular flexibility index (Phi) is 4.06. The Morgan fingerprint density at radius 2 is 2.20 bits per heavy atom. The van der Waals surface area contributed by atoms with Crippen LogP contribution in [0.25, 0.3) is 0 Å². The minimum Gasteiger partial charge on any atom is -0.468 e. The molecule has 2 N–H and O–H groups in total. The summed E-state index contributed by atoms with van der Waals surface area (Å²) >= 11 is 0. The van der Waals surface area contributed by atoms with Crippen LogP contribution in [0, 0.1) is 5.92 Å². The van der Waals surface area contributed by atoms with Gasteiger partial charge in [-0.1, -0.05) is 0 Å². The largest absolute Gasteiger partial charge is 0.468 e. The van der Waals surface area contributed by atoms with Crippen LogP contribution in [0.2, 0.25) is 0 Å². The Morgan fingerprint density at radius 1 is 1.60 bits per heavy atom. The maximum Gasteiger partial charge on any atom is 0.322 e. The summed E-state index contributed by atoms with van der Waals surface area (Å²) in [5, 5.41) is 9.40. The summed E-state index contributed by atoms with van der Waals surface area (Å²) in [6.45, 7) is -0.0377. The predicted octanol–water partition coefficient (Wildman–Crippen LogP) is -1.15. The number of ether oxygens (including phenoxy) is 1. The predicted molar refractivity (Wildman–Crippen MR) is 52.5 cm³/mol. The molecular formula is C8H15NO5S. The average molecular weight is 237 g/mol. The monoisotopic (exact) mass is 237 g/mol. The second kappa shape index (κ2) is 4.91. The van der Waals surface area contributed by atoms with E-state index in [0.717, 1.165) is 20.0 Å². The van der Waals surface area contributed by atoms with Crippen molar-refractivity contribution < 1.29 is 23.1 Å². The Labute approximate surface area is 88.7 Å². The molecule has 1 saturated carbocycles. The molecule has 1 aliphatic rings. The number of hydrogen-bond donors (Lipinski definition) is 2. The van der Waals surface area contributed by atoms with Crippen molar-refractivity contribution in [2.75, 3.05) is 19.4 Å². The van der Waals surface area contributed by atoms with Crippen molar-refractivity contribution in [2.24, 2.45) is 5.92 Å². The third-order valence-electron chi connectivity index (χ3n) is 2.21. The molecule has 0 aromatic heterocycles. The number of sulfonamides is 1. The molecule has 0 saturated heterocycles. The van der Waals surface area contributed by atoms with Crippen molar-refractivity contribution >= 4 is 16.0 Å². The molecule has 1 fully saturated rings. The summed E-state index contributed by atoms with van der Waals surface area (Å²) in [4.78, 5) is 10.7. The molecule has 15 heavy (non-hydrogen) atoms. The van der Waals surface area contributed by atoms with E-state index in [1.807, 2.05) is 0 Å². The third-order valence-corrected chi connectivity index (χ3v) is 3.44. The number of nitrogens with one attached hydrogen (secondary N) is 1. The van der Waals surface area contributed by atoms with Crippen LogP contribution in [0.1, 0.15) is 12.8 Å². The van der Waals surface area contributed by atoms with Gasteiger partial charge in [-0.25, -0.2) is 13.1 Å². The molecule has 0 heterocycles. The van der Waals surface area contributed by atoms with Gasteiger partial charge in [0.2, 0.25) is 10.0 Å². The highest BCUT2D eigenvalue weighted by Gasteiger charge is 2.30. The second-order valence-electron chi connectivity index (χ2n) is 3.59. The smallest absolute Gasteiger partial charge is 0.322 e. The quantitative estimate of drug-likeness (QED) is 0.569. The lowest BCUT2D eigenvalue weighted by atomic mass is 10.2. The summed E-state index contributed by atoms with van der Waals surface area (Å²) in [5.74, 6) is -1.32. The molecule has 1 aliphatic carbocycles. The summed E-state index contributed by atoms with van der Waals surface area (Å²) in [6, 6.07) is 0. The maximum absolute atomic E-state index is 11.2. The molecule has 6 nitrogen and oxygen atoms in total. The van der Waals surface area contributed by atoms with Crippen LogP contribution >= 0.6 is 0 Å². The standard InChI is InChI=1S/C8H15NO5S/c1-14-8(11)5-15(12,13)9-4-7(10)6-2-3-6/h6-7,9-10H,2-5H2,1H3. The van der Waals surface area contributed by atoms with Crippen molar-refractivity contribution in [2.45, 2.75) is 18.9 Å². The third kappa shape index (κ3) is 4.59. The molecule has 1 unspecified atom stereocenters. The normalized spacial score (nSPS) is 18.5. The van der Waals surface area contributed by atoms with Gasteiger partial charge in [-0.15, -0.1) is 0 Å². The van der Waals surface area contributed by atoms with Crippen LogP contribution in [0.4, 0.5) is 0 Å². The van der Waals surface area contributed by atoms with Gasteiger partial charge in [-0.05, 0) is 18.8 Å². The van der Waals surface area contributed by atoms with E-state index in [0.29, 0.717) is 0 Å². The van der Waals surface area contributed by atoms with Gasteiger partial charge in [0.25, 0.3) is 0 Å². The highest BCUT2D eigenvalue weighted by molar-refractivity contribution is 7.90. The minimum atomic E-state index is -3.68. The van der Waals surface area contributed by atoms with Crippen molar-refractivity contribution in [1.82, 2.24) is 4.72 Å². The van der Waals surface area contributed by atoms with E-state index >= 15 is 0 Å². The molecular weight excluding hydrogens is 222 g/mol. The highest BCUT2D eigenvalue weighted by Crippen LogP contribution is 2.32. The van der Waals surface area contributed by atoms with Gasteiger partial charge in [0.05, 0.1) is 13.2 Å². The zero-order valence-electron chi connectivity index (χ0n) is 8.47. The van der Waals surface area contributed by atoms with Gasteiger partial charge in [-0.3, -0.25) is 4.79 Å². The van der Waals surface area contributed by atoms with Crippen LogP contribution in [0.15, 0.2) is 0 Å². The lowest BCUT2D eigenvalue weighted by Gasteiger charge is -2.10. The topological polar surface area (TPSA) is 92.7 Å². The molecule has 1 rings (SSSR count). The molecule has 88 valence electrons. The number of aliphatic hydroxyl groups is 1. The number of carbonyl (C=O) groups excluding carboxylic acids is 1. The molecule has 0 aromatic carbocycles. The average Bonchev–Trinajstić information content (AvgIpc) is 2.96. The number of rotatable bonds is 6. The van der Waals surface area contributed by atoms with Gasteiger partial charge in [-0.2, -0.15) is 0 Å². The Bertz CT molecular complexity index is 322. The van der Waals surface area contributed by atoms with Crippen LogP contribution in [0.5, 0.6) is 0 Å². The first-order chi connectivity index (χ1) is 6.94. The molecule has 1 atom stereocenters. The van der Waals surface area contributed by atoms with Crippen molar-refractivity contribution in [3.8, 4) is 0 Å². The van der Waals surface area contributed by atoms with Gasteiger partial charge in [0.1, 0.15) is 0 Å². The summed E-state index contributed by atoms with van der Waals surface area (Å²) in [7, 11) is -2.56. The summed E-state index contributed by atoms with van der Waals surface area (Å²) in [6.07, 6.45) is 1.21. The molecule has 0 aromatic rings. The first kappa shape index (κ1) is 12.4. The van der Waals surface area contributed by atoms with Gasteiger partial charge >= 0.3 is 5.97 Å². The summed E-state index contributed by atoms with van der Waals surface area (Å²) < 4.78 is 28.8. The molecule has 0 aliphatic heterocycles. The van der Waals surface area contributed by atoms with E-state index in [2.05, 4.69) is 9.46 Å². The van der Waals surface area contributed by atoms with Crippen molar-refractivity contribution in [3.05, 3.63) is 0 Å². The van der Waals surface area contributed by atoms with Gasteiger partial charge in [0.15, 0.2) is 5.75 Å².